The van der Waals surface area contributed by atoms with Crippen LogP contribution >= 0.6 is 0 Å². The Bertz CT molecular complexity index is 632. The first-order valence-corrected chi connectivity index (χ1v) is 6.14. The van der Waals surface area contributed by atoms with Crippen LogP contribution in [0.1, 0.15) is 36.6 Å². The molecule has 0 aliphatic rings. The molecule has 0 aromatic carbocycles. The van der Waals surface area contributed by atoms with Crippen LogP contribution in [-0.2, 0) is 7.05 Å². The van der Waals surface area contributed by atoms with Gasteiger partial charge in [-0.25, -0.2) is 4.98 Å². The Hall–Kier alpha value is -2.28. The molecule has 2 rings (SSSR count). The fourth-order valence-electron chi connectivity index (χ4n) is 1.75. The van der Waals surface area contributed by atoms with Gasteiger partial charge in [0.15, 0.2) is 0 Å². The maximum absolute atomic E-state index is 5.38. The molecule has 0 radical (unpaired) electrons. The summed E-state index contributed by atoms with van der Waals surface area (Å²) in [4.78, 5) is 4.35. The molecule has 2 aromatic rings. The highest BCUT2D eigenvalue weighted by atomic mass is 16.5. The van der Waals surface area contributed by atoms with E-state index in [2.05, 4.69) is 35.8 Å². The topological polar surface area (TPSA) is 39.9 Å². The largest absolute Gasteiger partial charge is 0.496 e. The van der Waals surface area contributed by atoms with Crippen LogP contribution in [0.15, 0.2) is 24.7 Å². The number of nitrogens with zero attached hydrogens (tertiary/aromatic N) is 3. The summed E-state index contributed by atoms with van der Waals surface area (Å²) < 4.78 is 7.10. The fourth-order valence-corrected chi connectivity index (χ4v) is 1.75. The van der Waals surface area contributed by atoms with E-state index in [9.17, 15) is 0 Å². The van der Waals surface area contributed by atoms with Crippen molar-refractivity contribution < 1.29 is 4.74 Å². The van der Waals surface area contributed by atoms with Crippen molar-refractivity contribution in [2.24, 2.45) is 7.05 Å². The van der Waals surface area contributed by atoms with Gasteiger partial charge in [-0.1, -0.05) is 19.8 Å². The van der Waals surface area contributed by atoms with Gasteiger partial charge in [0.2, 0.25) is 0 Å². The van der Waals surface area contributed by atoms with Gasteiger partial charge >= 0.3 is 0 Å². The van der Waals surface area contributed by atoms with Crippen molar-refractivity contribution >= 4 is 0 Å². The normalized spacial score (nSPS) is 10.2. The highest BCUT2D eigenvalue weighted by molar-refractivity contribution is 5.43. The highest BCUT2D eigenvalue weighted by Gasteiger charge is 2.08. The van der Waals surface area contributed by atoms with Crippen LogP contribution in [0.3, 0.4) is 0 Å². The zero-order valence-corrected chi connectivity index (χ0v) is 11.6. The summed E-state index contributed by atoms with van der Waals surface area (Å²) in [6.07, 6.45) is 5.43. The first-order valence-electron chi connectivity index (χ1n) is 6.14. The highest BCUT2D eigenvalue weighted by Crippen LogP contribution is 2.25. The number of aryl methyl sites for hydroxylation is 1. The number of pyridine rings is 1. The minimum atomic E-state index is 0.378. The molecule has 98 valence electrons. The number of ether oxygens (including phenoxy) is 1. The van der Waals surface area contributed by atoms with Crippen molar-refractivity contribution in [3.63, 3.8) is 0 Å². The molecular formula is C15H17N3O. The third-order valence-electron chi connectivity index (χ3n) is 2.78. The molecule has 0 saturated heterocycles. The van der Waals surface area contributed by atoms with Gasteiger partial charge in [-0.15, -0.1) is 0 Å². The third-order valence-corrected chi connectivity index (χ3v) is 2.78. The van der Waals surface area contributed by atoms with Crippen LogP contribution in [0.2, 0.25) is 0 Å². The maximum Gasteiger partial charge on any atom is 0.126 e. The van der Waals surface area contributed by atoms with Crippen molar-refractivity contribution in [1.29, 1.82) is 0 Å². The summed E-state index contributed by atoms with van der Waals surface area (Å²) in [6.45, 7) is 4.22. The smallest absolute Gasteiger partial charge is 0.126 e. The molecule has 0 atom stereocenters. The average Bonchev–Trinajstić information content (AvgIpc) is 2.81. The van der Waals surface area contributed by atoms with E-state index in [-0.39, 0.29) is 0 Å². The second-order valence-electron chi connectivity index (χ2n) is 4.62. The number of hydrogen-bond donors (Lipinski definition) is 0. The van der Waals surface area contributed by atoms with Crippen LogP contribution in [0.5, 0.6) is 5.75 Å². The van der Waals surface area contributed by atoms with Crippen molar-refractivity contribution in [3.05, 3.63) is 41.5 Å². The number of aromatic nitrogens is 3. The minimum Gasteiger partial charge on any atom is -0.496 e. The van der Waals surface area contributed by atoms with E-state index in [1.165, 1.54) is 0 Å². The third kappa shape index (κ3) is 3.14. The van der Waals surface area contributed by atoms with Crippen LogP contribution in [0.4, 0.5) is 0 Å². The van der Waals surface area contributed by atoms with Crippen molar-refractivity contribution in [3.8, 4) is 17.6 Å². The molecule has 4 heteroatoms. The predicted molar refractivity (Wildman–Crippen MR) is 74.1 cm³/mol. The van der Waals surface area contributed by atoms with Crippen LogP contribution in [0, 0.1) is 11.8 Å². The first-order chi connectivity index (χ1) is 9.10. The zero-order valence-electron chi connectivity index (χ0n) is 11.6. The van der Waals surface area contributed by atoms with Crippen molar-refractivity contribution in [2.75, 3.05) is 7.11 Å². The maximum atomic E-state index is 5.38. The average molecular weight is 255 g/mol. The Balaban J connectivity index is 2.29. The van der Waals surface area contributed by atoms with E-state index in [1.807, 2.05) is 25.5 Å². The summed E-state index contributed by atoms with van der Waals surface area (Å²) in [5.74, 6) is 7.26. The van der Waals surface area contributed by atoms with Crippen LogP contribution in [0.25, 0.3) is 0 Å². The van der Waals surface area contributed by atoms with Crippen molar-refractivity contribution in [1.82, 2.24) is 14.8 Å². The lowest BCUT2D eigenvalue weighted by atomic mass is 10.0. The summed E-state index contributed by atoms with van der Waals surface area (Å²) in [5, 5.41) is 4.07. The van der Waals surface area contributed by atoms with Crippen LogP contribution in [-0.4, -0.2) is 21.9 Å². The second kappa shape index (κ2) is 5.57. The van der Waals surface area contributed by atoms with Gasteiger partial charge in [0.1, 0.15) is 11.4 Å². The zero-order chi connectivity index (χ0) is 13.8. The first kappa shape index (κ1) is 13.2. The quantitative estimate of drug-likeness (QED) is 0.773. The molecule has 0 saturated carbocycles. The molecule has 0 N–H and O–H groups in total. The predicted octanol–water partition coefficient (Wildman–Crippen LogP) is 2.35. The lowest BCUT2D eigenvalue weighted by molar-refractivity contribution is 0.406. The lowest BCUT2D eigenvalue weighted by Gasteiger charge is -2.10. The molecule has 4 nitrogen and oxygen atoms in total. The van der Waals surface area contributed by atoms with Gasteiger partial charge < -0.3 is 4.74 Å². The Labute approximate surface area is 113 Å². The van der Waals surface area contributed by atoms with Gasteiger partial charge in [-0.2, -0.15) is 5.10 Å². The summed E-state index contributed by atoms with van der Waals surface area (Å²) in [5.41, 5.74) is 2.66. The Morgan fingerprint density at radius 1 is 1.26 bits per heavy atom. The molecule has 0 unspecified atom stereocenters. The number of hydrogen-bond acceptors (Lipinski definition) is 3. The van der Waals surface area contributed by atoms with Gasteiger partial charge in [-0.05, 0) is 11.8 Å². The number of methoxy groups -OCH3 is 1. The summed E-state index contributed by atoms with van der Waals surface area (Å²) in [6, 6.07) is 1.87. The molecule has 0 aliphatic heterocycles. The van der Waals surface area contributed by atoms with E-state index >= 15 is 0 Å². The monoisotopic (exact) mass is 255 g/mol. The molecule has 0 fully saturated rings. The molecular weight excluding hydrogens is 238 g/mol. The Kier molecular flexibility index (Phi) is 3.86. The summed E-state index contributed by atoms with van der Waals surface area (Å²) in [7, 11) is 3.53. The standard InChI is InChI=1S/C15H17N3O/c1-11(2)14-9-16-13(7-15(14)19-4)6-5-12-8-17-18(3)10-12/h7-11H,1-4H3. The van der Waals surface area contributed by atoms with Crippen LogP contribution < -0.4 is 4.74 Å². The van der Waals surface area contributed by atoms with Gasteiger partial charge in [-0.3, -0.25) is 4.68 Å². The van der Waals surface area contributed by atoms with E-state index in [1.54, 1.807) is 18.0 Å². The second-order valence-corrected chi connectivity index (χ2v) is 4.62. The van der Waals surface area contributed by atoms with E-state index < -0.39 is 0 Å². The summed E-state index contributed by atoms with van der Waals surface area (Å²) >= 11 is 0. The molecule has 0 aliphatic carbocycles. The fraction of sp³-hybridized carbons (Fsp3) is 0.333. The van der Waals surface area contributed by atoms with E-state index in [0.717, 1.165) is 16.9 Å². The van der Waals surface area contributed by atoms with E-state index in [4.69, 9.17) is 4.74 Å². The Morgan fingerprint density at radius 3 is 2.63 bits per heavy atom. The van der Waals surface area contributed by atoms with Crippen molar-refractivity contribution in [2.45, 2.75) is 19.8 Å². The van der Waals surface area contributed by atoms with E-state index in [0.29, 0.717) is 11.6 Å². The lowest BCUT2D eigenvalue weighted by Crippen LogP contribution is -1.97. The number of rotatable bonds is 2. The SMILES string of the molecule is COc1cc(C#Cc2cnn(C)c2)ncc1C(C)C. The Morgan fingerprint density at radius 2 is 2.05 bits per heavy atom. The molecule has 0 spiro atoms. The van der Waals surface area contributed by atoms with Gasteiger partial charge in [0.05, 0.1) is 18.9 Å². The molecule has 2 heterocycles. The molecule has 19 heavy (non-hydrogen) atoms. The molecule has 0 bridgehead atoms. The minimum absolute atomic E-state index is 0.378. The molecule has 2 aromatic heterocycles. The van der Waals surface area contributed by atoms with Gasteiger partial charge in [0.25, 0.3) is 0 Å². The van der Waals surface area contributed by atoms with Gasteiger partial charge in [0, 0.05) is 31.1 Å². The molecule has 0 amide bonds.